The van der Waals surface area contributed by atoms with Crippen molar-refractivity contribution in [3.63, 3.8) is 0 Å². The average molecular weight is 381 g/mol. The molecule has 1 atom stereocenters. The van der Waals surface area contributed by atoms with Gasteiger partial charge in [-0.3, -0.25) is 4.79 Å². The number of likely N-dealkylation sites (tertiary alicyclic amines) is 2. The predicted molar refractivity (Wildman–Crippen MR) is 106 cm³/mol. The standard InChI is InChI=1S/C21H27N5O2/c1-24(2)20-22-8-7-17(23-20)16-9-25(3)11-21(16)12-26(13-21)19(27)18-15-6-4-5-14(15)10-28-18/h7-8,10,16H,4-6,9,11-13H2,1-3H3. The van der Waals surface area contributed by atoms with Crippen molar-refractivity contribution < 1.29 is 9.21 Å². The first-order valence-electron chi connectivity index (χ1n) is 10.0. The molecule has 2 aromatic heterocycles. The van der Waals surface area contributed by atoms with E-state index in [0.29, 0.717) is 11.7 Å². The first kappa shape index (κ1) is 17.7. The highest BCUT2D eigenvalue weighted by Gasteiger charge is 2.56. The average Bonchev–Trinajstić information content (AvgIpc) is 3.33. The molecule has 2 fully saturated rings. The minimum Gasteiger partial charge on any atom is -0.459 e. The molecule has 4 heterocycles. The van der Waals surface area contributed by atoms with Crippen molar-refractivity contribution in [2.75, 3.05) is 52.2 Å². The normalized spacial score (nSPS) is 23.1. The Hall–Kier alpha value is -2.41. The third kappa shape index (κ3) is 2.64. The Bertz CT molecular complexity index is 915. The Morgan fingerprint density at radius 2 is 2.11 bits per heavy atom. The third-order valence-electron chi connectivity index (χ3n) is 6.59. The smallest absolute Gasteiger partial charge is 0.289 e. The van der Waals surface area contributed by atoms with Gasteiger partial charge in [-0.05, 0) is 37.9 Å². The monoisotopic (exact) mass is 381 g/mol. The number of hydrogen-bond acceptors (Lipinski definition) is 6. The van der Waals surface area contributed by atoms with E-state index in [1.54, 1.807) is 6.26 Å². The second-order valence-corrected chi connectivity index (χ2v) is 8.87. The summed E-state index contributed by atoms with van der Waals surface area (Å²) in [6, 6.07) is 2.03. The molecule has 7 nitrogen and oxygen atoms in total. The van der Waals surface area contributed by atoms with Crippen LogP contribution in [-0.2, 0) is 12.8 Å². The van der Waals surface area contributed by atoms with Gasteiger partial charge in [0.25, 0.3) is 5.91 Å². The first-order chi connectivity index (χ1) is 13.5. The van der Waals surface area contributed by atoms with Crippen molar-refractivity contribution in [2.24, 2.45) is 5.41 Å². The van der Waals surface area contributed by atoms with E-state index < -0.39 is 0 Å². The summed E-state index contributed by atoms with van der Waals surface area (Å²) in [5, 5.41) is 0. The number of likely N-dealkylation sites (N-methyl/N-ethyl adjacent to an activating group) is 1. The molecule has 1 unspecified atom stereocenters. The zero-order valence-electron chi connectivity index (χ0n) is 16.8. The van der Waals surface area contributed by atoms with Gasteiger partial charge in [0.1, 0.15) is 0 Å². The first-order valence-corrected chi connectivity index (χ1v) is 10.0. The van der Waals surface area contributed by atoms with Crippen molar-refractivity contribution in [2.45, 2.75) is 25.2 Å². The van der Waals surface area contributed by atoms with Gasteiger partial charge in [0, 0.05) is 63.4 Å². The van der Waals surface area contributed by atoms with Crippen LogP contribution in [0.1, 0.15) is 39.7 Å². The lowest BCUT2D eigenvalue weighted by Gasteiger charge is -2.50. The van der Waals surface area contributed by atoms with Gasteiger partial charge >= 0.3 is 0 Å². The number of fused-ring (bicyclic) bond motifs is 1. The summed E-state index contributed by atoms with van der Waals surface area (Å²) in [4.78, 5) is 28.4. The molecule has 0 radical (unpaired) electrons. The van der Waals surface area contributed by atoms with Crippen LogP contribution in [0.25, 0.3) is 0 Å². The molecule has 2 aliphatic heterocycles. The summed E-state index contributed by atoms with van der Waals surface area (Å²) in [5.74, 6) is 1.67. The molecule has 0 N–H and O–H groups in total. The van der Waals surface area contributed by atoms with Crippen LogP contribution in [0.5, 0.6) is 0 Å². The number of rotatable bonds is 3. The molecule has 0 aromatic carbocycles. The van der Waals surface area contributed by atoms with Crippen molar-refractivity contribution in [1.29, 1.82) is 0 Å². The van der Waals surface area contributed by atoms with Gasteiger partial charge in [-0.1, -0.05) is 0 Å². The molecule has 0 bridgehead atoms. The van der Waals surface area contributed by atoms with Gasteiger partial charge < -0.3 is 19.1 Å². The summed E-state index contributed by atoms with van der Waals surface area (Å²) in [7, 11) is 6.07. The number of nitrogens with zero attached hydrogens (tertiary/aromatic N) is 5. The van der Waals surface area contributed by atoms with Crippen LogP contribution in [0, 0.1) is 5.41 Å². The van der Waals surface area contributed by atoms with E-state index in [4.69, 9.17) is 9.40 Å². The number of aryl methyl sites for hydroxylation is 1. The molecule has 1 amide bonds. The van der Waals surface area contributed by atoms with Crippen molar-refractivity contribution in [3.8, 4) is 0 Å². The SMILES string of the molecule is CN1CC(c2ccnc(N(C)C)n2)C2(C1)CN(C(=O)c1occ3c1CCC3)C2. The van der Waals surface area contributed by atoms with E-state index in [2.05, 4.69) is 16.9 Å². The zero-order valence-corrected chi connectivity index (χ0v) is 16.8. The minimum absolute atomic E-state index is 0.0544. The summed E-state index contributed by atoms with van der Waals surface area (Å²) >= 11 is 0. The van der Waals surface area contributed by atoms with Crippen molar-refractivity contribution in [1.82, 2.24) is 19.8 Å². The molecule has 148 valence electrons. The highest BCUT2D eigenvalue weighted by atomic mass is 16.3. The molecule has 2 saturated heterocycles. The predicted octanol–water partition coefficient (Wildman–Crippen LogP) is 1.80. The highest BCUT2D eigenvalue weighted by molar-refractivity contribution is 5.94. The molecular weight excluding hydrogens is 354 g/mol. The Kier molecular flexibility index (Phi) is 3.98. The maximum Gasteiger partial charge on any atom is 0.289 e. The van der Waals surface area contributed by atoms with E-state index in [0.717, 1.165) is 62.6 Å². The van der Waals surface area contributed by atoms with Gasteiger partial charge in [-0.25, -0.2) is 9.97 Å². The summed E-state index contributed by atoms with van der Waals surface area (Å²) in [6.45, 7) is 3.47. The maximum atomic E-state index is 13.0. The lowest BCUT2D eigenvalue weighted by molar-refractivity contribution is 0.00121. The topological polar surface area (TPSA) is 65.7 Å². The van der Waals surface area contributed by atoms with E-state index >= 15 is 0 Å². The number of amides is 1. The van der Waals surface area contributed by atoms with Crippen LogP contribution in [0.2, 0.25) is 0 Å². The molecule has 3 aliphatic rings. The van der Waals surface area contributed by atoms with Gasteiger partial charge in [0.05, 0.1) is 12.0 Å². The lowest BCUT2D eigenvalue weighted by atomic mass is 9.70. The number of furan rings is 1. The Labute approximate surface area is 165 Å². The molecule has 1 spiro atoms. The van der Waals surface area contributed by atoms with Crippen LogP contribution in [0.4, 0.5) is 5.95 Å². The number of anilines is 1. The minimum atomic E-state index is 0.0544. The number of hydrogen-bond donors (Lipinski definition) is 0. The molecule has 1 aliphatic carbocycles. The highest BCUT2D eigenvalue weighted by Crippen LogP contribution is 2.49. The van der Waals surface area contributed by atoms with Crippen LogP contribution in [0.3, 0.4) is 0 Å². The van der Waals surface area contributed by atoms with E-state index in [1.165, 1.54) is 5.56 Å². The fourth-order valence-corrected chi connectivity index (χ4v) is 5.25. The van der Waals surface area contributed by atoms with E-state index in [9.17, 15) is 4.79 Å². The van der Waals surface area contributed by atoms with Crippen molar-refractivity contribution in [3.05, 3.63) is 41.1 Å². The summed E-state index contributed by atoms with van der Waals surface area (Å²) in [5.41, 5.74) is 3.50. The fourth-order valence-electron chi connectivity index (χ4n) is 5.25. The Balaban J connectivity index is 1.37. The summed E-state index contributed by atoms with van der Waals surface area (Å²) < 4.78 is 5.65. The second-order valence-electron chi connectivity index (χ2n) is 8.87. The second kappa shape index (κ2) is 6.30. The quantitative estimate of drug-likeness (QED) is 0.808. The van der Waals surface area contributed by atoms with Crippen LogP contribution >= 0.6 is 0 Å². The Morgan fingerprint density at radius 3 is 2.89 bits per heavy atom. The molecular formula is C21H27N5O2. The van der Waals surface area contributed by atoms with Crippen LogP contribution in [0.15, 0.2) is 22.9 Å². The number of carbonyl (C=O) groups is 1. The third-order valence-corrected chi connectivity index (χ3v) is 6.59. The fraction of sp³-hybridized carbons (Fsp3) is 0.571. The number of aromatic nitrogens is 2. The van der Waals surface area contributed by atoms with Crippen LogP contribution in [-0.4, -0.2) is 73.0 Å². The van der Waals surface area contributed by atoms with Gasteiger partial charge in [0.2, 0.25) is 5.95 Å². The van der Waals surface area contributed by atoms with Crippen molar-refractivity contribution >= 4 is 11.9 Å². The number of carbonyl (C=O) groups excluding carboxylic acids is 1. The van der Waals surface area contributed by atoms with Gasteiger partial charge in [-0.2, -0.15) is 0 Å². The zero-order chi connectivity index (χ0) is 19.5. The van der Waals surface area contributed by atoms with Gasteiger partial charge in [0.15, 0.2) is 5.76 Å². The maximum absolute atomic E-state index is 13.0. The van der Waals surface area contributed by atoms with E-state index in [1.807, 2.05) is 36.2 Å². The molecule has 2 aromatic rings. The van der Waals surface area contributed by atoms with Gasteiger partial charge in [-0.15, -0.1) is 0 Å². The lowest BCUT2D eigenvalue weighted by Crippen LogP contribution is -2.61. The largest absolute Gasteiger partial charge is 0.459 e. The molecule has 5 rings (SSSR count). The molecule has 0 saturated carbocycles. The Morgan fingerprint density at radius 1 is 1.29 bits per heavy atom. The van der Waals surface area contributed by atoms with Crippen LogP contribution < -0.4 is 4.90 Å². The molecule has 28 heavy (non-hydrogen) atoms. The molecule has 7 heteroatoms. The van der Waals surface area contributed by atoms with E-state index in [-0.39, 0.29) is 11.3 Å². The summed E-state index contributed by atoms with van der Waals surface area (Å²) in [6.07, 6.45) is 6.74.